The fourth-order valence-corrected chi connectivity index (χ4v) is 4.59. The molecule has 2 heterocycles. The minimum atomic E-state index is -1.13. The number of thioether (sulfide) groups is 2. The average Bonchev–Trinajstić information content (AvgIpc) is 2.70. The van der Waals surface area contributed by atoms with Crippen LogP contribution in [0.1, 0.15) is 13.3 Å². The van der Waals surface area contributed by atoms with Crippen molar-refractivity contribution >= 4 is 35.4 Å². The summed E-state index contributed by atoms with van der Waals surface area (Å²) >= 11 is 2.95. The highest BCUT2D eigenvalue weighted by atomic mass is 32.2. The van der Waals surface area contributed by atoms with Gasteiger partial charge in [-0.15, -0.1) is 0 Å². The van der Waals surface area contributed by atoms with Crippen molar-refractivity contribution in [1.29, 1.82) is 0 Å². The number of aliphatic hydroxyl groups excluding tert-OH is 1. The largest absolute Gasteiger partial charge is 0.477 e. The van der Waals surface area contributed by atoms with Crippen LogP contribution in [0.15, 0.2) is 10.6 Å². The number of nitrogens with two attached hydrogens (primary N) is 1. The second kappa shape index (κ2) is 5.97. The number of nitrogens with zero attached hydrogens (tertiary/aromatic N) is 1. The van der Waals surface area contributed by atoms with E-state index in [0.717, 1.165) is 5.75 Å². The smallest absolute Gasteiger partial charge is 0.353 e. The molecule has 1 amide bonds. The van der Waals surface area contributed by atoms with Crippen LogP contribution in [0.5, 0.6) is 0 Å². The Morgan fingerprint density at radius 2 is 2.25 bits per heavy atom. The van der Waals surface area contributed by atoms with Gasteiger partial charge in [-0.25, -0.2) is 4.79 Å². The third kappa shape index (κ3) is 2.45. The zero-order chi connectivity index (χ0) is 15.0. The zero-order valence-corrected chi connectivity index (χ0v) is 12.9. The number of rotatable bonds is 6. The number of carboxylic acids is 1. The normalized spacial score (nSPS) is 28.2. The van der Waals surface area contributed by atoms with Crippen LogP contribution < -0.4 is 5.73 Å². The van der Waals surface area contributed by atoms with Crippen LogP contribution in [0.25, 0.3) is 0 Å². The highest BCUT2D eigenvalue weighted by molar-refractivity contribution is 8.04. The predicted octanol–water partition coefficient (Wildman–Crippen LogP) is 0.275. The monoisotopic (exact) mass is 318 g/mol. The minimum absolute atomic E-state index is 0.00416. The molecule has 0 bridgehead atoms. The predicted molar refractivity (Wildman–Crippen MR) is 79.0 cm³/mol. The Bertz CT molecular complexity index is 466. The Balaban J connectivity index is 2.23. The summed E-state index contributed by atoms with van der Waals surface area (Å²) in [6.45, 7) is 1.55. The number of hydrogen-bond acceptors (Lipinski definition) is 6. The second-order valence-corrected chi connectivity index (χ2v) is 7.03. The molecule has 0 aromatic carbocycles. The maximum absolute atomic E-state index is 12.0. The van der Waals surface area contributed by atoms with Gasteiger partial charge in [-0.2, -0.15) is 11.8 Å². The van der Waals surface area contributed by atoms with Gasteiger partial charge in [0.15, 0.2) is 0 Å². The summed E-state index contributed by atoms with van der Waals surface area (Å²) in [5.74, 6) is -1.18. The van der Waals surface area contributed by atoms with Crippen molar-refractivity contribution in [3.63, 3.8) is 0 Å². The summed E-state index contributed by atoms with van der Waals surface area (Å²) in [4.78, 5) is 25.2. The van der Waals surface area contributed by atoms with Crippen LogP contribution in [0, 0.1) is 5.92 Å². The molecule has 20 heavy (non-hydrogen) atoms. The maximum atomic E-state index is 12.0. The van der Waals surface area contributed by atoms with Gasteiger partial charge in [-0.3, -0.25) is 9.69 Å². The molecule has 0 spiro atoms. The van der Waals surface area contributed by atoms with E-state index in [9.17, 15) is 19.8 Å². The SMILES string of the molecule is CSCC[C@H](N)C1=C(C(=O)O)N2C(=O)[C@H]([C@@H](C)O)[C@H]2S1. The molecule has 0 radical (unpaired) electrons. The van der Waals surface area contributed by atoms with Gasteiger partial charge < -0.3 is 15.9 Å². The van der Waals surface area contributed by atoms with Gasteiger partial charge in [-0.05, 0) is 25.4 Å². The third-order valence-electron chi connectivity index (χ3n) is 3.50. The molecule has 4 N–H and O–H groups in total. The van der Waals surface area contributed by atoms with E-state index in [0.29, 0.717) is 11.3 Å². The van der Waals surface area contributed by atoms with Gasteiger partial charge in [0.2, 0.25) is 5.91 Å². The quantitative estimate of drug-likeness (QED) is 0.604. The van der Waals surface area contributed by atoms with Crippen LogP contribution in [-0.2, 0) is 9.59 Å². The summed E-state index contributed by atoms with van der Waals surface area (Å²) in [6, 6.07) is -0.383. The Morgan fingerprint density at radius 3 is 2.75 bits per heavy atom. The van der Waals surface area contributed by atoms with Crippen LogP contribution in [-0.4, -0.2) is 56.5 Å². The molecule has 2 aliphatic heterocycles. The lowest BCUT2D eigenvalue weighted by Crippen LogP contribution is -2.60. The molecule has 2 aliphatic rings. The van der Waals surface area contributed by atoms with Crippen molar-refractivity contribution < 1.29 is 19.8 Å². The lowest BCUT2D eigenvalue weighted by atomic mass is 9.92. The number of aliphatic carboxylic acids is 1. The maximum Gasteiger partial charge on any atom is 0.353 e. The molecule has 1 saturated heterocycles. The van der Waals surface area contributed by atoms with E-state index < -0.39 is 18.0 Å². The minimum Gasteiger partial charge on any atom is -0.477 e. The first-order chi connectivity index (χ1) is 9.40. The van der Waals surface area contributed by atoms with E-state index in [-0.39, 0.29) is 23.0 Å². The first kappa shape index (κ1) is 15.7. The molecule has 6 nitrogen and oxygen atoms in total. The zero-order valence-electron chi connectivity index (χ0n) is 11.3. The van der Waals surface area contributed by atoms with Crippen LogP contribution in [0.2, 0.25) is 0 Å². The summed E-state index contributed by atoms with van der Waals surface area (Å²) in [7, 11) is 0. The van der Waals surface area contributed by atoms with E-state index in [2.05, 4.69) is 0 Å². The van der Waals surface area contributed by atoms with Crippen LogP contribution in [0.4, 0.5) is 0 Å². The molecule has 112 valence electrons. The van der Waals surface area contributed by atoms with Crippen molar-refractivity contribution in [2.45, 2.75) is 30.9 Å². The number of carboxylic acid groups (broad SMARTS) is 1. The molecule has 0 unspecified atom stereocenters. The summed E-state index contributed by atoms with van der Waals surface area (Å²) < 4.78 is 0. The van der Waals surface area contributed by atoms with Crippen molar-refractivity contribution in [2.24, 2.45) is 11.7 Å². The molecular formula is C12H18N2O4S2. The number of carbonyl (C=O) groups is 2. The van der Waals surface area contributed by atoms with Crippen molar-refractivity contribution in [3.8, 4) is 0 Å². The molecule has 0 saturated carbocycles. The first-order valence-corrected chi connectivity index (χ1v) is 8.57. The molecule has 4 atom stereocenters. The molecule has 0 aromatic rings. The molecule has 0 aromatic heterocycles. The van der Waals surface area contributed by atoms with E-state index >= 15 is 0 Å². The number of hydrogen-bond donors (Lipinski definition) is 3. The van der Waals surface area contributed by atoms with Gasteiger partial charge >= 0.3 is 5.97 Å². The highest BCUT2D eigenvalue weighted by Gasteiger charge is 2.58. The Hall–Kier alpha value is -0.700. The molecule has 8 heteroatoms. The number of aliphatic hydroxyl groups is 1. The third-order valence-corrected chi connectivity index (χ3v) is 5.64. The van der Waals surface area contributed by atoms with Gasteiger partial charge in [0.25, 0.3) is 0 Å². The summed E-state index contributed by atoms with van der Waals surface area (Å²) in [6.07, 6.45) is 1.84. The lowest BCUT2D eigenvalue weighted by Gasteiger charge is -2.43. The van der Waals surface area contributed by atoms with E-state index in [1.165, 1.54) is 16.7 Å². The number of amides is 1. The fourth-order valence-electron chi connectivity index (χ4n) is 2.45. The Kier molecular flexibility index (Phi) is 4.68. The molecular weight excluding hydrogens is 300 g/mol. The molecule has 2 rings (SSSR count). The summed E-state index contributed by atoms with van der Waals surface area (Å²) in [5.41, 5.74) is 6.05. The topological polar surface area (TPSA) is 104 Å². The number of fused-ring (bicyclic) bond motifs is 1. The van der Waals surface area contributed by atoms with E-state index in [4.69, 9.17) is 5.73 Å². The van der Waals surface area contributed by atoms with Crippen LogP contribution in [0.3, 0.4) is 0 Å². The van der Waals surface area contributed by atoms with Gasteiger partial charge in [0.05, 0.1) is 12.0 Å². The van der Waals surface area contributed by atoms with Gasteiger partial charge in [0.1, 0.15) is 11.1 Å². The molecule has 1 fully saturated rings. The van der Waals surface area contributed by atoms with Crippen molar-refractivity contribution in [1.82, 2.24) is 4.90 Å². The van der Waals surface area contributed by atoms with E-state index in [1.54, 1.807) is 18.7 Å². The Labute approximate surface area is 125 Å². The number of β-lactam (4-membered cyclic amide) rings is 1. The summed E-state index contributed by atoms with van der Waals surface area (Å²) in [5, 5.41) is 18.6. The molecule has 0 aliphatic carbocycles. The standard InChI is InChI=1S/C12H18N2O4S2/c1-5(15)7-10(16)14-8(12(17)18)9(20-11(7)14)6(13)3-4-19-2/h5-7,11,15H,3-4,13H2,1-2H3,(H,17,18)/t5-,6+,7+,11-/m1/s1. The van der Waals surface area contributed by atoms with Crippen molar-refractivity contribution in [2.75, 3.05) is 12.0 Å². The van der Waals surface area contributed by atoms with Crippen LogP contribution >= 0.6 is 23.5 Å². The Morgan fingerprint density at radius 1 is 1.60 bits per heavy atom. The second-order valence-electron chi connectivity index (χ2n) is 4.89. The fraction of sp³-hybridized carbons (Fsp3) is 0.667. The lowest BCUT2D eigenvalue weighted by molar-refractivity contribution is -0.156. The highest BCUT2D eigenvalue weighted by Crippen LogP contribution is 2.51. The van der Waals surface area contributed by atoms with E-state index in [1.807, 2.05) is 6.26 Å². The van der Waals surface area contributed by atoms with Gasteiger partial charge in [-0.1, -0.05) is 11.8 Å². The van der Waals surface area contributed by atoms with Gasteiger partial charge in [0, 0.05) is 10.9 Å². The average molecular weight is 318 g/mol. The first-order valence-electron chi connectivity index (χ1n) is 6.30. The van der Waals surface area contributed by atoms with Crippen molar-refractivity contribution in [3.05, 3.63) is 10.6 Å². The number of carbonyl (C=O) groups excluding carboxylic acids is 1.